The molecule has 6 nitrogen and oxygen atoms in total. The van der Waals surface area contributed by atoms with Gasteiger partial charge in [0.15, 0.2) is 5.13 Å². The molecule has 0 atom stereocenters. The van der Waals surface area contributed by atoms with Crippen molar-refractivity contribution in [2.24, 2.45) is 0 Å². The summed E-state index contributed by atoms with van der Waals surface area (Å²) in [4.78, 5) is 8.10. The van der Waals surface area contributed by atoms with Crippen molar-refractivity contribution in [2.45, 2.75) is 13.2 Å². The number of methoxy groups -OCH3 is 3. The molecule has 20 heavy (non-hydrogen) atoms. The van der Waals surface area contributed by atoms with Crippen molar-refractivity contribution in [3.8, 4) is 0 Å². The lowest BCUT2D eigenvalue weighted by molar-refractivity contribution is 0.181. The van der Waals surface area contributed by atoms with Crippen LogP contribution in [-0.4, -0.2) is 59.7 Å². The maximum atomic E-state index is 5.22. The number of ether oxygens (including phenoxy) is 3. The predicted molar refractivity (Wildman–Crippen MR) is 81.6 cm³/mol. The first-order valence-corrected chi connectivity index (χ1v) is 7.43. The summed E-state index contributed by atoms with van der Waals surface area (Å²) in [5.41, 5.74) is 1.00. The van der Waals surface area contributed by atoms with Gasteiger partial charge in [-0.05, 0) is 7.05 Å². The van der Waals surface area contributed by atoms with Gasteiger partial charge in [0, 0.05) is 45.8 Å². The number of anilines is 1. The molecule has 0 aliphatic rings. The van der Waals surface area contributed by atoms with Crippen molar-refractivity contribution in [1.82, 2.24) is 10.3 Å². The Morgan fingerprint density at radius 2 is 1.75 bits per heavy atom. The second kappa shape index (κ2) is 10.1. The third-order valence-electron chi connectivity index (χ3n) is 2.79. The van der Waals surface area contributed by atoms with Crippen LogP contribution in [0.2, 0.25) is 0 Å². The van der Waals surface area contributed by atoms with E-state index in [4.69, 9.17) is 19.2 Å². The Morgan fingerprint density at radius 3 is 2.25 bits per heavy atom. The van der Waals surface area contributed by atoms with E-state index >= 15 is 0 Å². The maximum absolute atomic E-state index is 5.22. The zero-order valence-corrected chi connectivity index (χ0v) is 13.6. The van der Waals surface area contributed by atoms with E-state index in [0.29, 0.717) is 19.8 Å². The van der Waals surface area contributed by atoms with Crippen molar-refractivity contribution in [3.05, 3.63) is 10.6 Å². The molecular weight excluding hydrogens is 278 g/mol. The van der Waals surface area contributed by atoms with Crippen LogP contribution >= 0.6 is 11.3 Å². The fraction of sp³-hybridized carbons (Fsp3) is 0.769. The standard InChI is InChI=1S/C13H25N3O3S/c1-14-9-12-11(10-19-4)15-13(20-12)16(5-7-17-2)6-8-18-3/h14H,5-10H2,1-4H3. The van der Waals surface area contributed by atoms with E-state index in [0.717, 1.165) is 30.5 Å². The van der Waals surface area contributed by atoms with Crippen molar-refractivity contribution in [3.63, 3.8) is 0 Å². The molecule has 1 aromatic heterocycles. The molecule has 1 aromatic rings. The average molecular weight is 303 g/mol. The minimum atomic E-state index is 0.538. The summed E-state index contributed by atoms with van der Waals surface area (Å²) >= 11 is 1.69. The summed E-state index contributed by atoms with van der Waals surface area (Å²) in [5.74, 6) is 0. The van der Waals surface area contributed by atoms with Crippen LogP contribution in [0.15, 0.2) is 0 Å². The smallest absolute Gasteiger partial charge is 0.186 e. The molecule has 1 N–H and O–H groups in total. The SMILES string of the molecule is CNCc1sc(N(CCOC)CCOC)nc1COC. The summed E-state index contributed by atoms with van der Waals surface area (Å²) in [5, 5.41) is 4.17. The van der Waals surface area contributed by atoms with Crippen LogP contribution in [0, 0.1) is 0 Å². The summed E-state index contributed by atoms with van der Waals surface area (Å²) < 4.78 is 15.5. The molecule has 0 aliphatic carbocycles. The van der Waals surface area contributed by atoms with E-state index in [2.05, 4.69) is 10.2 Å². The van der Waals surface area contributed by atoms with Crippen LogP contribution in [0.4, 0.5) is 5.13 Å². The van der Waals surface area contributed by atoms with E-state index < -0.39 is 0 Å². The van der Waals surface area contributed by atoms with E-state index in [1.165, 1.54) is 4.88 Å². The molecule has 0 fully saturated rings. The first-order chi connectivity index (χ1) is 9.76. The van der Waals surface area contributed by atoms with Crippen molar-refractivity contribution >= 4 is 16.5 Å². The Kier molecular flexibility index (Phi) is 8.72. The molecule has 0 unspecified atom stereocenters. The molecule has 0 aromatic carbocycles. The highest BCUT2D eigenvalue weighted by Crippen LogP contribution is 2.26. The topological polar surface area (TPSA) is 55.9 Å². The van der Waals surface area contributed by atoms with Crippen LogP contribution in [0.3, 0.4) is 0 Å². The van der Waals surface area contributed by atoms with Crippen LogP contribution < -0.4 is 10.2 Å². The van der Waals surface area contributed by atoms with Gasteiger partial charge >= 0.3 is 0 Å². The normalized spacial score (nSPS) is 11.0. The van der Waals surface area contributed by atoms with Crippen LogP contribution in [-0.2, 0) is 27.4 Å². The number of nitrogens with zero attached hydrogens (tertiary/aromatic N) is 2. The summed E-state index contributed by atoms with van der Waals surface area (Å²) in [6, 6.07) is 0. The molecular formula is C13H25N3O3S. The number of rotatable bonds is 11. The molecule has 116 valence electrons. The fourth-order valence-electron chi connectivity index (χ4n) is 1.76. The van der Waals surface area contributed by atoms with Gasteiger partial charge in [0.05, 0.1) is 25.5 Å². The Hall–Kier alpha value is -0.730. The molecule has 0 bridgehead atoms. The van der Waals surface area contributed by atoms with Crippen molar-refractivity contribution in [2.75, 3.05) is 59.6 Å². The number of hydrogen-bond donors (Lipinski definition) is 1. The molecule has 0 radical (unpaired) electrons. The van der Waals surface area contributed by atoms with E-state index in [1.807, 2.05) is 7.05 Å². The lowest BCUT2D eigenvalue weighted by Crippen LogP contribution is -2.30. The van der Waals surface area contributed by atoms with Gasteiger partial charge in [0.25, 0.3) is 0 Å². The fourth-order valence-corrected chi connectivity index (χ4v) is 2.89. The first kappa shape index (κ1) is 17.3. The molecule has 0 aliphatic heterocycles. The Balaban J connectivity index is 2.84. The van der Waals surface area contributed by atoms with E-state index in [9.17, 15) is 0 Å². The predicted octanol–water partition coefficient (Wildman–Crippen LogP) is 1.11. The lowest BCUT2D eigenvalue weighted by atomic mass is 10.4. The lowest BCUT2D eigenvalue weighted by Gasteiger charge is -2.20. The number of hydrogen-bond acceptors (Lipinski definition) is 7. The molecule has 0 saturated heterocycles. The summed E-state index contributed by atoms with van der Waals surface area (Å²) in [6.07, 6.45) is 0. The Bertz CT molecular complexity index is 342. The summed E-state index contributed by atoms with van der Waals surface area (Å²) in [6.45, 7) is 4.29. The monoisotopic (exact) mass is 303 g/mol. The Labute approximate surface area is 125 Å². The van der Waals surface area contributed by atoms with Gasteiger partial charge in [-0.1, -0.05) is 0 Å². The quantitative estimate of drug-likeness (QED) is 0.661. The molecule has 1 heterocycles. The molecule has 0 spiro atoms. The van der Waals surface area contributed by atoms with Crippen LogP contribution in [0.1, 0.15) is 10.6 Å². The van der Waals surface area contributed by atoms with Gasteiger partial charge in [-0.3, -0.25) is 0 Å². The Morgan fingerprint density at radius 1 is 1.10 bits per heavy atom. The highest BCUT2D eigenvalue weighted by Gasteiger charge is 2.15. The zero-order chi connectivity index (χ0) is 14.8. The van der Waals surface area contributed by atoms with Gasteiger partial charge in [-0.15, -0.1) is 11.3 Å². The zero-order valence-electron chi connectivity index (χ0n) is 12.8. The summed E-state index contributed by atoms with van der Waals surface area (Å²) in [7, 11) is 7.04. The average Bonchev–Trinajstić information content (AvgIpc) is 2.83. The highest BCUT2D eigenvalue weighted by molar-refractivity contribution is 7.15. The molecule has 7 heteroatoms. The third kappa shape index (κ3) is 5.34. The number of nitrogens with one attached hydrogen (secondary N) is 1. The van der Waals surface area contributed by atoms with Crippen molar-refractivity contribution in [1.29, 1.82) is 0 Å². The van der Waals surface area contributed by atoms with Gasteiger partial charge in [0.2, 0.25) is 0 Å². The molecule has 0 saturated carbocycles. The van der Waals surface area contributed by atoms with Crippen LogP contribution in [0.5, 0.6) is 0 Å². The van der Waals surface area contributed by atoms with Gasteiger partial charge in [-0.2, -0.15) is 0 Å². The van der Waals surface area contributed by atoms with Gasteiger partial charge < -0.3 is 24.4 Å². The van der Waals surface area contributed by atoms with E-state index in [-0.39, 0.29) is 0 Å². The maximum Gasteiger partial charge on any atom is 0.186 e. The minimum Gasteiger partial charge on any atom is -0.383 e. The molecule has 1 rings (SSSR count). The van der Waals surface area contributed by atoms with Gasteiger partial charge in [-0.25, -0.2) is 4.98 Å². The van der Waals surface area contributed by atoms with E-state index in [1.54, 1.807) is 32.7 Å². The number of thiazole rings is 1. The highest BCUT2D eigenvalue weighted by atomic mass is 32.1. The third-order valence-corrected chi connectivity index (χ3v) is 3.94. The minimum absolute atomic E-state index is 0.538. The van der Waals surface area contributed by atoms with Crippen molar-refractivity contribution < 1.29 is 14.2 Å². The number of aromatic nitrogens is 1. The first-order valence-electron chi connectivity index (χ1n) is 6.61. The van der Waals surface area contributed by atoms with Gasteiger partial charge in [0.1, 0.15) is 0 Å². The second-order valence-corrected chi connectivity index (χ2v) is 5.36. The van der Waals surface area contributed by atoms with Crippen LogP contribution in [0.25, 0.3) is 0 Å². The largest absolute Gasteiger partial charge is 0.383 e. The second-order valence-electron chi connectivity index (χ2n) is 4.30. The molecule has 0 amide bonds.